The minimum Gasteiger partial charge on any atom is -0.347 e. The van der Waals surface area contributed by atoms with E-state index in [1.807, 2.05) is 24.9 Å². The molecule has 152 valence electrons. The summed E-state index contributed by atoms with van der Waals surface area (Å²) in [6.07, 6.45) is 7.86. The lowest BCUT2D eigenvalue weighted by Crippen LogP contribution is -1.99. The van der Waals surface area contributed by atoms with Crippen molar-refractivity contribution in [2.24, 2.45) is 7.05 Å². The van der Waals surface area contributed by atoms with Crippen LogP contribution < -0.4 is 0 Å². The Balaban J connectivity index is 0.000000687. The number of rotatable bonds is 3. The fraction of sp³-hybridized carbons (Fsp3) is 0.208. The summed E-state index contributed by atoms with van der Waals surface area (Å²) in [5.74, 6) is 0. The molecule has 2 aliphatic rings. The van der Waals surface area contributed by atoms with Crippen LogP contribution in [0.25, 0.3) is 32.7 Å². The molecule has 0 N–H and O–H groups in total. The molecule has 30 heavy (non-hydrogen) atoms. The van der Waals surface area contributed by atoms with Gasteiger partial charge in [-0.25, -0.2) is 9.97 Å². The molecule has 0 fully saturated rings. The van der Waals surface area contributed by atoms with E-state index in [2.05, 4.69) is 72.8 Å². The Bertz CT molecular complexity index is 1290. The maximum absolute atomic E-state index is 4.77. The van der Waals surface area contributed by atoms with Gasteiger partial charge in [-0.05, 0) is 50.6 Å². The number of thiazole rings is 1. The van der Waals surface area contributed by atoms with Gasteiger partial charge in [-0.1, -0.05) is 12.1 Å². The molecule has 0 bridgehead atoms. The molecular formula is C24H25N5S. The molecule has 5 rings (SSSR count). The zero-order chi connectivity index (χ0) is 21.3. The fourth-order valence-corrected chi connectivity index (χ4v) is 4.44. The zero-order valence-corrected chi connectivity index (χ0v) is 18.6. The second kappa shape index (κ2) is 8.24. The van der Waals surface area contributed by atoms with E-state index in [9.17, 15) is 0 Å². The van der Waals surface area contributed by atoms with Gasteiger partial charge in [-0.2, -0.15) is 5.10 Å². The van der Waals surface area contributed by atoms with Gasteiger partial charge in [-0.3, -0.25) is 4.68 Å². The first-order valence-corrected chi connectivity index (χ1v) is 10.7. The van der Waals surface area contributed by atoms with Crippen LogP contribution in [0.2, 0.25) is 0 Å². The van der Waals surface area contributed by atoms with Crippen molar-refractivity contribution in [3.05, 3.63) is 77.8 Å². The number of fused-ring (bicyclic) bond motifs is 2. The Morgan fingerprint density at radius 3 is 2.63 bits per heavy atom. The second-order valence-electron chi connectivity index (χ2n) is 7.35. The molecule has 1 aromatic carbocycles. The molecule has 2 aromatic heterocycles. The average Bonchev–Trinajstić information content (AvgIpc) is 3.39. The molecule has 0 radical (unpaired) electrons. The monoisotopic (exact) mass is 415 g/mol. The van der Waals surface area contributed by atoms with Gasteiger partial charge in [0.05, 0.1) is 34.3 Å². The summed E-state index contributed by atoms with van der Waals surface area (Å²) in [6.45, 7) is 10.2. The van der Waals surface area contributed by atoms with Gasteiger partial charge in [-0.15, -0.1) is 17.9 Å². The van der Waals surface area contributed by atoms with Crippen molar-refractivity contribution in [1.29, 1.82) is 0 Å². The van der Waals surface area contributed by atoms with E-state index < -0.39 is 0 Å². The van der Waals surface area contributed by atoms with Crippen molar-refractivity contribution in [1.82, 2.24) is 24.3 Å². The number of allylic oxidation sites excluding steroid dienone is 1. The summed E-state index contributed by atoms with van der Waals surface area (Å²) in [5.41, 5.74) is 7.66. The highest BCUT2D eigenvalue weighted by molar-refractivity contribution is 7.18. The number of hydrogen-bond acceptors (Lipinski definition) is 4. The largest absolute Gasteiger partial charge is 0.347 e. The summed E-state index contributed by atoms with van der Waals surface area (Å²) >= 11 is 1.76. The van der Waals surface area contributed by atoms with Gasteiger partial charge in [0.1, 0.15) is 5.01 Å². The second-order valence-corrected chi connectivity index (χ2v) is 8.47. The molecule has 0 saturated heterocycles. The third-order valence-electron chi connectivity index (χ3n) is 4.97. The Morgan fingerprint density at radius 2 is 1.90 bits per heavy atom. The number of aromatic nitrogens is 5. The van der Waals surface area contributed by atoms with Gasteiger partial charge in [0.15, 0.2) is 0 Å². The highest BCUT2D eigenvalue weighted by Crippen LogP contribution is 2.30. The van der Waals surface area contributed by atoms with E-state index in [1.165, 1.54) is 10.3 Å². The Labute approximate surface area is 180 Å². The Morgan fingerprint density at radius 1 is 1.10 bits per heavy atom. The predicted octanol–water partition coefficient (Wildman–Crippen LogP) is 5.86. The van der Waals surface area contributed by atoms with Gasteiger partial charge >= 0.3 is 0 Å². The molecule has 5 nitrogen and oxygen atoms in total. The highest BCUT2D eigenvalue weighted by atomic mass is 32.1. The van der Waals surface area contributed by atoms with Crippen molar-refractivity contribution in [3.63, 3.8) is 0 Å². The van der Waals surface area contributed by atoms with Crippen molar-refractivity contribution < 1.29 is 0 Å². The van der Waals surface area contributed by atoms with Gasteiger partial charge < -0.3 is 4.57 Å². The molecule has 0 atom stereocenters. The Hall–Kier alpha value is -3.25. The molecular weight excluding hydrogens is 390 g/mol. The third kappa shape index (κ3) is 3.91. The minimum atomic E-state index is 0.765. The fourth-order valence-electron chi connectivity index (χ4n) is 3.36. The van der Waals surface area contributed by atoms with Crippen molar-refractivity contribution in [2.45, 2.75) is 27.3 Å². The van der Waals surface area contributed by atoms with E-state index in [1.54, 1.807) is 17.4 Å². The molecule has 3 aromatic rings. The van der Waals surface area contributed by atoms with E-state index in [4.69, 9.17) is 9.97 Å². The van der Waals surface area contributed by atoms with E-state index in [0.29, 0.717) is 0 Å². The average molecular weight is 416 g/mol. The molecule has 4 heterocycles. The number of nitrogens with zero attached hydrogens (tertiary/aromatic N) is 5. The lowest BCUT2D eigenvalue weighted by atomic mass is 10.1. The number of hydrogen-bond donors (Lipinski definition) is 0. The first-order valence-electron chi connectivity index (χ1n) is 9.87. The van der Waals surface area contributed by atoms with Crippen LogP contribution >= 0.6 is 11.3 Å². The quantitative estimate of drug-likeness (QED) is 0.347. The number of benzene rings is 1. The van der Waals surface area contributed by atoms with E-state index in [-0.39, 0.29) is 0 Å². The number of pyridine rings is 1. The topological polar surface area (TPSA) is 48.5 Å². The van der Waals surface area contributed by atoms with Crippen molar-refractivity contribution in [3.8, 4) is 22.5 Å². The normalized spacial score (nSPS) is 10.9. The highest BCUT2D eigenvalue weighted by Gasteiger charge is 2.15. The van der Waals surface area contributed by atoms with Crippen molar-refractivity contribution in [2.75, 3.05) is 0 Å². The zero-order valence-electron chi connectivity index (χ0n) is 17.8. The summed E-state index contributed by atoms with van der Waals surface area (Å²) in [6, 6.07) is 10.6. The molecule has 0 spiro atoms. The smallest absolute Gasteiger partial charge is 0.114 e. The molecule has 0 amide bonds. The lowest BCUT2D eigenvalue weighted by Gasteiger charge is -2.06. The predicted molar refractivity (Wildman–Crippen MR) is 125 cm³/mol. The first kappa shape index (κ1) is 20.0. The molecule has 0 saturated carbocycles. The first-order chi connectivity index (χ1) is 14.5. The van der Waals surface area contributed by atoms with Crippen LogP contribution in [-0.4, -0.2) is 24.3 Å². The van der Waals surface area contributed by atoms with Crippen LogP contribution in [0.1, 0.15) is 23.2 Å². The Kier molecular flexibility index (Phi) is 5.50. The molecule has 2 aliphatic heterocycles. The van der Waals surface area contributed by atoms with Crippen LogP contribution in [0, 0.1) is 13.8 Å². The third-order valence-corrected chi connectivity index (χ3v) is 5.98. The lowest BCUT2D eigenvalue weighted by molar-refractivity contribution is 0.740. The van der Waals surface area contributed by atoms with Crippen LogP contribution in [0.15, 0.2) is 61.6 Å². The van der Waals surface area contributed by atoms with Gasteiger partial charge in [0.25, 0.3) is 0 Å². The molecule has 0 unspecified atom stereocenters. The van der Waals surface area contributed by atoms with Crippen molar-refractivity contribution >= 4 is 21.6 Å². The summed E-state index contributed by atoms with van der Waals surface area (Å²) < 4.78 is 5.30. The van der Waals surface area contributed by atoms with Crippen LogP contribution in [0.3, 0.4) is 0 Å². The molecule has 0 aliphatic carbocycles. The van der Waals surface area contributed by atoms with E-state index in [0.717, 1.165) is 45.3 Å². The summed E-state index contributed by atoms with van der Waals surface area (Å²) in [5, 5.41) is 5.44. The SMILES string of the molecule is C=CC.Cc1ccc2nc(Cn3ccc4nc(-c5cnn(C)c5C)cc-4c3)sc2c1. The maximum atomic E-state index is 4.77. The summed E-state index contributed by atoms with van der Waals surface area (Å²) in [4.78, 5) is 9.54. The maximum Gasteiger partial charge on any atom is 0.114 e. The van der Waals surface area contributed by atoms with E-state index >= 15 is 0 Å². The number of aryl methyl sites for hydroxylation is 2. The summed E-state index contributed by atoms with van der Waals surface area (Å²) in [7, 11) is 1.95. The molecule has 6 heteroatoms. The van der Waals surface area contributed by atoms with Gasteiger partial charge in [0.2, 0.25) is 0 Å². The van der Waals surface area contributed by atoms with Crippen LogP contribution in [-0.2, 0) is 13.6 Å². The van der Waals surface area contributed by atoms with Crippen LogP contribution in [0.5, 0.6) is 0 Å². The van der Waals surface area contributed by atoms with Crippen LogP contribution in [0.4, 0.5) is 0 Å². The minimum absolute atomic E-state index is 0.765. The van der Waals surface area contributed by atoms with Gasteiger partial charge in [0, 0.05) is 36.3 Å². The standard InChI is InChI=1S/C21H19N5S.C3H6/c1-13-4-5-18-20(8-13)27-21(24-18)12-26-7-6-17-15(11-26)9-19(23-17)16-10-22-25(3)14(16)2;1-3-2/h4-11H,12H2,1-3H3;3H,1H2,2H3.